The maximum atomic E-state index is 4.14. The summed E-state index contributed by atoms with van der Waals surface area (Å²) >= 11 is 0. The predicted molar refractivity (Wildman–Crippen MR) is 60.7 cm³/mol. The SMILES string of the molecule is CCN1CCC(CNc2ccncn2)C1. The average molecular weight is 206 g/mol. The number of nitrogens with one attached hydrogen (secondary N) is 1. The number of hydrogen-bond donors (Lipinski definition) is 1. The number of nitrogens with zero attached hydrogens (tertiary/aromatic N) is 3. The monoisotopic (exact) mass is 206 g/mol. The summed E-state index contributed by atoms with van der Waals surface area (Å²) in [5, 5.41) is 3.35. The molecule has 1 N–H and O–H groups in total. The molecule has 2 rings (SSSR count). The zero-order valence-corrected chi connectivity index (χ0v) is 9.19. The van der Waals surface area contributed by atoms with Gasteiger partial charge < -0.3 is 10.2 Å². The first-order chi connectivity index (χ1) is 7.38. The summed E-state index contributed by atoms with van der Waals surface area (Å²) < 4.78 is 0. The van der Waals surface area contributed by atoms with Crippen LogP contribution in [0.4, 0.5) is 5.82 Å². The van der Waals surface area contributed by atoms with Gasteiger partial charge in [0.1, 0.15) is 12.1 Å². The molecule has 1 aromatic heterocycles. The van der Waals surface area contributed by atoms with E-state index in [-0.39, 0.29) is 0 Å². The van der Waals surface area contributed by atoms with Crippen molar-refractivity contribution in [1.82, 2.24) is 14.9 Å². The smallest absolute Gasteiger partial charge is 0.129 e. The van der Waals surface area contributed by atoms with Crippen LogP contribution in [-0.4, -0.2) is 41.0 Å². The van der Waals surface area contributed by atoms with Crippen LogP contribution in [0.2, 0.25) is 0 Å². The number of rotatable bonds is 4. The summed E-state index contributed by atoms with van der Waals surface area (Å²) in [6, 6.07) is 1.91. The molecule has 1 saturated heterocycles. The lowest BCUT2D eigenvalue weighted by molar-refractivity contribution is 0.345. The van der Waals surface area contributed by atoms with E-state index >= 15 is 0 Å². The van der Waals surface area contributed by atoms with Crippen LogP contribution in [0.25, 0.3) is 0 Å². The van der Waals surface area contributed by atoms with Crippen LogP contribution in [0.15, 0.2) is 18.6 Å². The summed E-state index contributed by atoms with van der Waals surface area (Å²) in [6.45, 7) is 6.87. The Hall–Kier alpha value is -1.16. The predicted octanol–water partition coefficient (Wildman–Crippen LogP) is 1.23. The van der Waals surface area contributed by atoms with Crippen molar-refractivity contribution < 1.29 is 0 Å². The molecule has 15 heavy (non-hydrogen) atoms. The molecule has 1 fully saturated rings. The molecule has 0 saturated carbocycles. The fraction of sp³-hybridized carbons (Fsp3) is 0.636. The van der Waals surface area contributed by atoms with Gasteiger partial charge in [0.15, 0.2) is 0 Å². The van der Waals surface area contributed by atoms with Crippen LogP contribution in [0.1, 0.15) is 13.3 Å². The lowest BCUT2D eigenvalue weighted by Crippen LogP contribution is -2.22. The summed E-state index contributed by atoms with van der Waals surface area (Å²) in [6.07, 6.45) is 4.64. The Kier molecular flexibility index (Phi) is 3.50. The normalized spacial score (nSPS) is 21.8. The van der Waals surface area contributed by atoms with Gasteiger partial charge in [-0.3, -0.25) is 0 Å². The fourth-order valence-corrected chi connectivity index (χ4v) is 2.01. The van der Waals surface area contributed by atoms with Gasteiger partial charge in [-0.05, 0) is 31.5 Å². The van der Waals surface area contributed by atoms with Crippen molar-refractivity contribution in [2.24, 2.45) is 5.92 Å². The number of likely N-dealkylation sites (tertiary alicyclic amines) is 1. The van der Waals surface area contributed by atoms with Crippen molar-refractivity contribution in [3.63, 3.8) is 0 Å². The second-order valence-electron chi connectivity index (χ2n) is 4.02. The first-order valence-corrected chi connectivity index (χ1v) is 5.60. The van der Waals surface area contributed by atoms with Crippen LogP contribution in [0, 0.1) is 5.92 Å². The standard InChI is InChI=1S/C11H18N4/c1-2-15-6-4-10(8-15)7-13-11-3-5-12-9-14-11/h3,5,9-10H,2,4,6-8H2,1H3,(H,12,13,14). The van der Waals surface area contributed by atoms with Gasteiger partial charge in [-0.15, -0.1) is 0 Å². The van der Waals surface area contributed by atoms with Crippen molar-refractivity contribution in [1.29, 1.82) is 0 Å². The number of aromatic nitrogens is 2. The molecule has 0 radical (unpaired) electrons. The van der Waals surface area contributed by atoms with Crippen molar-refractivity contribution in [3.05, 3.63) is 18.6 Å². The van der Waals surface area contributed by atoms with Crippen LogP contribution in [0.3, 0.4) is 0 Å². The molecule has 1 aliphatic heterocycles. The van der Waals surface area contributed by atoms with E-state index in [1.807, 2.05) is 6.07 Å². The minimum absolute atomic E-state index is 0.764. The highest BCUT2D eigenvalue weighted by atomic mass is 15.1. The molecule has 0 spiro atoms. The molecule has 2 heterocycles. The first kappa shape index (κ1) is 10.4. The van der Waals surface area contributed by atoms with Crippen molar-refractivity contribution >= 4 is 5.82 Å². The van der Waals surface area contributed by atoms with E-state index in [1.165, 1.54) is 26.1 Å². The first-order valence-electron chi connectivity index (χ1n) is 5.60. The molecule has 1 unspecified atom stereocenters. The fourth-order valence-electron chi connectivity index (χ4n) is 2.01. The summed E-state index contributed by atoms with van der Waals surface area (Å²) in [7, 11) is 0. The highest BCUT2D eigenvalue weighted by molar-refractivity contribution is 5.31. The third-order valence-electron chi connectivity index (χ3n) is 2.97. The van der Waals surface area contributed by atoms with Crippen molar-refractivity contribution in [3.8, 4) is 0 Å². The van der Waals surface area contributed by atoms with E-state index in [0.717, 1.165) is 18.3 Å². The van der Waals surface area contributed by atoms with Crippen LogP contribution in [0.5, 0.6) is 0 Å². The number of anilines is 1. The Labute approximate surface area is 90.7 Å². The van der Waals surface area contributed by atoms with Crippen molar-refractivity contribution in [2.45, 2.75) is 13.3 Å². The van der Waals surface area contributed by atoms with Gasteiger partial charge in [-0.1, -0.05) is 6.92 Å². The van der Waals surface area contributed by atoms with E-state index in [0.29, 0.717) is 0 Å². The van der Waals surface area contributed by atoms with E-state index in [9.17, 15) is 0 Å². The minimum atomic E-state index is 0.764. The third-order valence-corrected chi connectivity index (χ3v) is 2.97. The summed E-state index contributed by atoms with van der Waals surface area (Å²) in [5.41, 5.74) is 0. The maximum absolute atomic E-state index is 4.14. The molecule has 4 nitrogen and oxygen atoms in total. The van der Waals surface area contributed by atoms with Crippen molar-refractivity contribution in [2.75, 3.05) is 31.5 Å². The second-order valence-corrected chi connectivity index (χ2v) is 4.02. The lowest BCUT2D eigenvalue weighted by atomic mass is 10.1. The highest BCUT2D eigenvalue weighted by Gasteiger charge is 2.20. The molecule has 0 aromatic carbocycles. The molecule has 0 aliphatic carbocycles. The highest BCUT2D eigenvalue weighted by Crippen LogP contribution is 2.15. The third kappa shape index (κ3) is 2.89. The van der Waals surface area contributed by atoms with E-state index in [1.54, 1.807) is 12.5 Å². The summed E-state index contributed by atoms with van der Waals surface area (Å²) in [4.78, 5) is 10.5. The molecular weight excluding hydrogens is 188 g/mol. The second kappa shape index (κ2) is 5.07. The topological polar surface area (TPSA) is 41.0 Å². The van der Waals surface area contributed by atoms with Gasteiger partial charge in [0, 0.05) is 19.3 Å². The Morgan fingerprint density at radius 3 is 3.20 bits per heavy atom. The van der Waals surface area contributed by atoms with Gasteiger partial charge >= 0.3 is 0 Å². The Morgan fingerprint density at radius 1 is 1.60 bits per heavy atom. The lowest BCUT2D eigenvalue weighted by Gasteiger charge is -2.13. The van der Waals surface area contributed by atoms with E-state index < -0.39 is 0 Å². The van der Waals surface area contributed by atoms with E-state index in [4.69, 9.17) is 0 Å². The minimum Gasteiger partial charge on any atom is -0.370 e. The largest absolute Gasteiger partial charge is 0.370 e. The Bertz CT molecular complexity index is 288. The molecule has 0 bridgehead atoms. The molecule has 4 heteroatoms. The van der Waals surface area contributed by atoms with Gasteiger partial charge in [0.2, 0.25) is 0 Å². The Balaban J connectivity index is 1.75. The van der Waals surface area contributed by atoms with Gasteiger partial charge in [-0.25, -0.2) is 9.97 Å². The zero-order valence-electron chi connectivity index (χ0n) is 9.19. The van der Waals surface area contributed by atoms with Gasteiger partial charge in [0.25, 0.3) is 0 Å². The Morgan fingerprint density at radius 2 is 2.53 bits per heavy atom. The quantitative estimate of drug-likeness (QED) is 0.804. The number of hydrogen-bond acceptors (Lipinski definition) is 4. The molecule has 0 amide bonds. The maximum Gasteiger partial charge on any atom is 0.129 e. The van der Waals surface area contributed by atoms with Gasteiger partial charge in [0.05, 0.1) is 0 Å². The zero-order chi connectivity index (χ0) is 10.5. The molecule has 1 aromatic rings. The van der Waals surface area contributed by atoms with Crippen LogP contribution >= 0.6 is 0 Å². The molecule has 1 atom stereocenters. The molecular formula is C11H18N4. The molecule has 1 aliphatic rings. The average Bonchev–Trinajstić information content (AvgIpc) is 2.76. The van der Waals surface area contributed by atoms with Crippen LogP contribution in [-0.2, 0) is 0 Å². The summed E-state index contributed by atoms with van der Waals surface area (Å²) in [5.74, 6) is 1.69. The van der Waals surface area contributed by atoms with E-state index in [2.05, 4.69) is 27.1 Å². The van der Waals surface area contributed by atoms with Crippen LogP contribution < -0.4 is 5.32 Å². The van der Waals surface area contributed by atoms with Gasteiger partial charge in [-0.2, -0.15) is 0 Å². The molecule has 82 valence electrons.